The number of amides is 1. The van der Waals surface area contributed by atoms with Crippen LogP contribution in [-0.2, 0) is 4.79 Å². The van der Waals surface area contributed by atoms with Crippen LogP contribution < -0.4 is 4.90 Å². The summed E-state index contributed by atoms with van der Waals surface area (Å²) in [5.74, 6) is 0.106. The van der Waals surface area contributed by atoms with Crippen LogP contribution in [0.1, 0.15) is 12.8 Å². The van der Waals surface area contributed by atoms with Gasteiger partial charge in [0.25, 0.3) is 0 Å². The van der Waals surface area contributed by atoms with E-state index in [-0.39, 0.29) is 10.7 Å². The number of halogens is 2. The van der Waals surface area contributed by atoms with Crippen LogP contribution in [-0.4, -0.2) is 17.3 Å². The van der Waals surface area contributed by atoms with Gasteiger partial charge in [-0.05, 0) is 25.0 Å². The summed E-state index contributed by atoms with van der Waals surface area (Å²) >= 11 is 9.44. The molecular formula is C11H11BrClNO. The molecule has 1 unspecified atom stereocenters. The minimum atomic E-state index is -0.0671. The van der Waals surface area contributed by atoms with Crippen molar-refractivity contribution in [3.05, 3.63) is 29.3 Å². The fourth-order valence-electron chi connectivity index (χ4n) is 1.74. The van der Waals surface area contributed by atoms with E-state index in [0.29, 0.717) is 5.02 Å². The van der Waals surface area contributed by atoms with Gasteiger partial charge in [-0.1, -0.05) is 39.7 Å². The molecule has 80 valence electrons. The van der Waals surface area contributed by atoms with Crippen molar-refractivity contribution >= 4 is 39.1 Å². The maximum Gasteiger partial charge on any atom is 0.240 e. The number of para-hydroxylation sites is 1. The van der Waals surface area contributed by atoms with Crippen molar-refractivity contribution in [3.8, 4) is 0 Å². The van der Waals surface area contributed by atoms with Gasteiger partial charge in [0.1, 0.15) is 0 Å². The highest BCUT2D eigenvalue weighted by Crippen LogP contribution is 2.30. The first-order valence-electron chi connectivity index (χ1n) is 4.90. The fourth-order valence-corrected chi connectivity index (χ4v) is 2.55. The molecule has 2 nitrogen and oxygen atoms in total. The van der Waals surface area contributed by atoms with Gasteiger partial charge >= 0.3 is 0 Å². The van der Waals surface area contributed by atoms with Crippen LogP contribution in [0.15, 0.2) is 24.3 Å². The van der Waals surface area contributed by atoms with Crippen LogP contribution in [0.4, 0.5) is 5.69 Å². The van der Waals surface area contributed by atoms with Crippen LogP contribution in [0.3, 0.4) is 0 Å². The third kappa shape index (κ3) is 2.18. The quantitative estimate of drug-likeness (QED) is 0.727. The lowest BCUT2D eigenvalue weighted by Crippen LogP contribution is -2.41. The second-order valence-electron chi connectivity index (χ2n) is 3.55. The Balaban J connectivity index is 2.30. The fraction of sp³-hybridized carbons (Fsp3) is 0.364. The number of hydrogen-bond acceptors (Lipinski definition) is 1. The Bertz CT molecular complexity index is 383. The SMILES string of the molecule is O=C1C(Br)CCCN1c1ccccc1Cl. The zero-order chi connectivity index (χ0) is 10.8. The second kappa shape index (κ2) is 4.54. The van der Waals surface area contributed by atoms with Crippen molar-refractivity contribution in [2.45, 2.75) is 17.7 Å². The van der Waals surface area contributed by atoms with Gasteiger partial charge in [-0.25, -0.2) is 0 Å². The molecule has 1 aromatic carbocycles. The summed E-state index contributed by atoms with van der Waals surface area (Å²) in [6, 6.07) is 7.45. The van der Waals surface area contributed by atoms with Crippen LogP contribution in [0.2, 0.25) is 5.02 Å². The van der Waals surface area contributed by atoms with Crippen LogP contribution in [0, 0.1) is 0 Å². The molecule has 0 spiro atoms. The minimum absolute atomic E-state index is 0.0671. The van der Waals surface area contributed by atoms with E-state index in [1.54, 1.807) is 4.90 Å². The Morgan fingerprint density at radius 3 is 2.87 bits per heavy atom. The molecule has 0 aromatic heterocycles. The maximum absolute atomic E-state index is 11.9. The molecule has 1 heterocycles. The Hall–Kier alpha value is -0.540. The standard InChI is InChI=1S/C11H11BrClNO/c12-8-4-3-7-14(11(8)15)10-6-2-1-5-9(10)13/h1-2,5-6,8H,3-4,7H2. The predicted octanol–water partition coefficient (Wildman–Crippen LogP) is 3.23. The maximum atomic E-state index is 11.9. The van der Waals surface area contributed by atoms with Crippen LogP contribution >= 0.6 is 27.5 Å². The number of piperidine rings is 1. The lowest BCUT2D eigenvalue weighted by molar-refractivity contribution is -0.118. The molecule has 4 heteroatoms. The average Bonchev–Trinajstić information content (AvgIpc) is 2.23. The number of rotatable bonds is 1. The zero-order valence-corrected chi connectivity index (χ0v) is 10.5. The van der Waals surface area contributed by atoms with Gasteiger partial charge in [0.05, 0.1) is 15.5 Å². The number of alkyl halides is 1. The van der Waals surface area contributed by atoms with E-state index in [4.69, 9.17) is 11.6 Å². The van der Waals surface area contributed by atoms with Gasteiger partial charge in [-0.2, -0.15) is 0 Å². The van der Waals surface area contributed by atoms with Crippen molar-refractivity contribution in [2.75, 3.05) is 11.4 Å². The van der Waals surface area contributed by atoms with Crippen LogP contribution in [0.5, 0.6) is 0 Å². The summed E-state index contributed by atoms with van der Waals surface area (Å²) in [4.78, 5) is 13.6. The van der Waals surface area contributed by atoms with E-state index in [1.807, 2.05) is 24.3 Å². The number of benzene rings is 1. The molecule has 1 aliphatic rings. The van der Waals surface area contributed by atoms with E-state index in [0.717, 1.165) is 25.1 Å². The van der Waals surface area contributed by atoms with E-state index >= 15 is 0 Å². The van der Waals surface area contributed by atoms with Crippen LogP contribution in [0.25, 0.3) is 0 Å². The monoisotopic (exact) mass is 287 g/mol. The molecule has 15 heavy (non-hydrogen) atoms. The predicted molar refractivity (Wildman–Crippen MR) is 65.8 cm³/mol. The highest BCUT2D eigenvalue weighted by atomic mass is 79.9. The van der Waals surface area contributed by atoms with E-state index in [9.17, 15) is 4.79 Å². The third-order valence-electron chi connectivity index (χ3n) is 2.52. The molecular weight excluding hydrogens is 277 g/mol. The highest BCUT2D eigenvalue weighted by Gasteiger charge is 2.28. The first-order valence-corrected chi connectivity index (χ1v) is 6.19. The molecule has 1 atom stereocenters. The smallest absolute Gasteiger partial charge is 0.240 e. The van der Waals surface area contributed by atoms with Gasteiger partial charge < -0.3 is 4.90 Å². The summed E-state index contributed by atoms with van der Waals surface area (Å²) in [6.45, 7) is 0.755. The van der Waals surface area contributed by atoms with Crippen molar-refractivity contribution < 1.29 is 4.79 Å². The lowest BCUT2D eigenvalue weighted by Gasteiger charge is -2.30. The van der Waals surface area contributed by atoms with Gasteiger partial charge in [-0.15, -0.1) is 0 Å². The number of hydrogen-bond donors (Lipinski definition) is 0. The molecule has 1 aromatic rings. The van der Waals surface area contributed by atoms with Crippen molar-refractivity contribution in [1.82, 2.24) is 0 Å². The number of anilines is 1. The molecule has 0 saturated carbocycles. The number of carbonyl (C=O) groups excluding carboxylic acids is 1. The Morgan fingerprint density at radius 2 is 2.13 bits per heavy atom. The molecule has 0 N–H and O–H groups in total. The van der Waals surface area contributed by atoms with E-state index in [2.05, 4.69) is 15.9 Å². The summed E-state index contributed by atoms with van der Waals surface area (Å²) < 4.78 is 0. The number of carbonyl (C=O) groups is 1. The highest BCUT2D eigenvalue weighted by molar-refractivity contribution is 9.10. The lowest BCUT2D eigenvalue weighted by atomic mass is 10.1. The molecule has 0 radical (unpaired) electrons. The summed E-state index contributed by atoms with van der Waals surface area (Å²) in [7, 11) is 0. The van der Waals surface area contributed by atoms with Gasteiger partial charge in [0.2, 0.25) is 5.91 Å². The Labute approximate surface area is 102 Å². The van der Waals surface area contributed by atoms with Gasteiger partial charge in [0.15, 0.2) is 0 Å². The van der Waals surface area contributed by atoms with Crippen molar-refractivity contribution in [3.63, 3.8) is 0 Å². The first-order chi connectivity index (χ1) is 7.20. The van der Waals surface area contributed by atoms with Gasteiger partial charge in [0, 0.05) is 6.54 Å². The average molecular weight is 289 g/mol. The summed E-state index contributed by atoms with van der Waals surface area (Å²) in [6.07, 6.45) is 1.91. The van der Waals surface area contributed by atoms with Crippen molar-refractivity contribution in [1.29, 1.82) is 0 Å². The first kappa shape index (κ1) is 11.0. The molecule has 0 bridgehead atoms. The van der Waals surface area contributed by atoms with Gasteiger partial charge in [-0.3, -0.25) is 4.79 Å². The molecule has 2 rings (SSSR count). The summed E-state index contributed by atoms with van der Waals surface area (Å²) in [5.41, 5.74) is 0.813. The molecule has 1 fully saturated rings. The minimum Gasteiger partial charge on any atom is -0.310 e. The normalized spacial score (nSPS) is 21.9. The topological polar surface area (TPSA) is 20.3 Å². The molecule has 0 aliphatic carbocycles. The molecule has 1 amide bonds. The largest absolute Gasteiger partial charge is 0.310 e. The van der Waals surface area contributed by atoms with Crippen molar-refractivity contribution in [2.24, 2.45) is 0 Å². The second-order valence-corrected chi connectivity index (χ2v) is 5.06. The Morgan fingerprint density at radius 1 is 1.40 bits per heavy atom. The zero-order valence-electron chi connectivity index (χ0n) is 8.12. The summed E-state index contributed by atoms with van der Waals surface area (Å²) in [5, 5.41) is 0.632. The van der Waals surface area contributed by atoms with E-state index < -0.39 is 0 Å². The number of nitrogens with zero attached hydrogens (tertiary/aromatic N) is 1. The van der Waals surface area contributed by atoms with E-state index in [1.165, 1.54) is 0 Å². The molecule has 1 aliphatic heterocycles. The Kier molecular flexibility index (Phi) is 3.32. The molecule has 1 saturated heterocycles. The third-order valence-corrected chi connectivity index (χ3v) is 3.69.